The Bertz CT molecular complexity index is 630. The first kappa shape index (κ1) is 13.8. The van der Waals surface area contributed by atoms with Crippen molar-refractivity contribution in [3.8, 4) is 0 Å². The maximum Gasteiger partial charge on any atom is 0.194 e. The van der Waals surface area contributed by atoms with Gasteiger partial charge in [-0.3, -0.25) is 4.79 Å². The fourth-order valence-electron chi connectivity index (χ4n) is 1.51. The highest BCUT2D eigenvalue weighted by molar-refractivity contribution is 14.1. The highest BCUT2D eigenvalue weighted by Gasteiger charge is 2.13. The minimum Gasteiger partial charge on any atom is -0.399 e. The molecule has 0 heterocycles. The predicted molar refractivity (Wildman–Crippen MR) is 86.2 cm³/mol. The first-order valence-electron chi connectivity index (χ1n) is 5.04. The van der Waals surface area contributed by atoms with Crippen molar-refractivity contribution in [3.05, 3.63) is 60.6 Å². The molecule has 2 aromatic carbocycles. The molecule has 92 valence electrons. The van der Waals surface area contributed by atoms with Crippen molar-refractivity contribution in [3.63, 3.8) is 0 Å². The van der Waals surface area contributed by atoms with Crippen molar-refractivity contribution in [2.45, 2.75) is 0 Å². The molecule has 0 aliphatic heterocycles. The van der Waals surface area contributed by atoms with Crippen LogP contribution in [0.5, 0.6) is 0 Å². The van der Waals surface area contributed by atoms with Crippen LogP contribution in [0.3, 0.4) is 0 Å². The Morgan fingerprint density at radius 1 is 1.22 bits per heavy atom. The van der Waals surface area contributed by atoms with Gasteiger partial charge in [0.15, 0.2) is 5.78 Å². The van der Waals surface area contributed by atoms with E-state index in [4.69, 9.17) is 17.3 Å². The molecule has 0 saturated carbocycles. The van der Waals surface area contributed by atoms with Crippen LogP contribution in [0.1, 0.15) is 15.9 Å². The standard InChI is InChI=1S/C13H8BrClINO/c14-10-6-8(17)2-3-9(10)13(18)7-1-4-12(16)11(15)5-7/h1-6H,17H2. The first-order valence-corrected chi connectivity index (χ1v) is 7.29. The normalized spacial score (nSPS) is 10.4. The number of hydrogen-bond donors (Lipinski definition) is 1. The lowest BCUT2D eigenvalue weighted by molar-refractivity contribution is 0.103. The van der Waals surface area contributed by atoms with Crippen molar-refractivity contribution >= 4 is 61.6 Å². The minimum absolute atomic E-state index is 0.0832. The molecule has 2 aromatic rings. The van der Waals surface area contributed by atoms with Crippen LogP contribution in [0.4, 0.5) is 5.69 Å². The van der Waals surface area contributed by atoms with E-state index in [1.165, 1.54) is 0 Å². The third-order valence-corrected chi connectivity index (χ3v) is 4.65. The van der Waals surface area contributed by atoms with E-state index in [0.29, 0.717) is 26.3 Å². The van der Waals surface area contributed by atoms with E-state index >= 15 is 0 Å². The van der Waals surface area contributed by atoms with Crippen LogP contribution in [-0.2, 0) is 0 Å². The number of carbonyl (C=O) groups is 1. The van der Waals surface area contributed by atoms with E-state index in [-0.39, 0.29) is 5.78 Å². The number of ketones is 1. The van der Waals surface area contributed by atoms with Gasteiger partial charge in [-0.25, -0.2) is 0 Å². The van der Waals surface area contributed by atoms with Gasteiger partial charge in [0.1, 0.15) is 0 Å². The summed E-state index contributed by atoms with van der Waals surface area (Å²) in [6.45, 7) is 0. The van der Waals surface area contributed by atoms with Crippen LogP contribution in [0, 0.1) is 3.57 Å². The summed E-state index contributed by atoms with van der Waals surface area (Å²) < 4.78 is 1.60. The van der Waals surface area contributed by atoms with Crippen molar-refractivity contribution in [1.29, 1.82) is 0 Å². The average molecular weight is 436 g/mol. The second-order valence-electron chi connectivity index (χ2n) is 3.70. The first-order chi connectivity index (χ1) is 8.49. The number of hydrogen-bond acceptors (Lipinski definition) is 2. The molecule has 0 bridgehead atoms. The van der Waals surface area contributed by atoms with Gasteiger partial charge in [0.05, 0.1) is 5.02 Å². The van der Waals surface area contributed by atoms with Crippen LogP contribution < -0.4 is 5.73 Å². The molecular formula is C13H8BrClINO. The summed E-state index contributed by atoms with van der Waals surface area (Å²) in [5.41, 5.74) is 7.39. The summed E-state index contributed by atoms with van der Waals surface area (Å²) in [6.07, 6.45) is 0. The molecule has 0 aliphatic carbocycles. The van der Waals surface area contributed by atoms with Crippen molar-refractivity contribution in [2.24, 2.45) is 0 Å². The van der Waals surface area contributed by atoms with E-state index < -0.39 is 0 Å². The number of carbonyl (C=O) groups excluding carboxylic acids is 1. The van der Waals surface area contributed by atoms with Gasteiger partial charge < -0.3 is 5.73 Å². The van der Waals surface area contributed by atoms with Gasteiger partial charge in [-0.1, -0.05) is 11.6 Å². The van der Waals surface area contributed by atoms with E-state index in [1.54, 1.807) is 30.3 Å². The molecule has 0 saturated heterocycles. The number of nitrogens with two attached hydrogens (primary N) is 1. The number of benzene rings is 2. The lowest BCUT2D eigenvalue weighted by Crippen LogP contribution is -2.03. The Hall–Kier alpha value is -0.590. The lowest BCUT2D eigenvalue weighted by Gasteiger charge is -2.06. The van der Waals surface area contributed by atoms with Gasteiger partial charge in [-0.05, 0) is 74.9 Å². The molecule has 2 rings (SSSR count). The topological polar surface area (TPSA) is 43.1 Å². The highest BCUT2D eigenvalue weighted by atomic mass is 127. The Morgan fingerprint density at radius 3 is 2.56 bits per heavy atom. The smallest absolute Gasteiger partial charge is 0.194 e. The van der Waals surface area contributed by atoms with E-state index in [1.807, 2.05) is 6.07 Å². The third kappa shape index (κ3) is 2.87. The van der Waals surface area contributed by atoms with Gasteiger partial charge in [-0.15, -0.1) is 0 Å². The molecule has 0 aliphatic rings. The zero-order valence-electron chi connectivity index (χ0n) is 9.08. The Morgan fingerprint density at radius 2 is 1.94 bits per heavy atom. The molecule has 18 heavy (non-hydrogen) atoms. The van der Waals surface area contributed by atoms with Gasteiger partial charge in [-0.2, -0.15) is 0 Å². The Balaban J connectivity index is 2.44. The summed E-state index contributed by atoms with van der Waals surface area (Å²) in [5, 5.41) is 0.577. The highest BCUT2D eigenvalue weighted by Crippen LogP contribution is 2.25. The Kier molecular flexibility index (Phi) is 4.29. The molecular weight excluding hydrogens is 428 g/mol. The maximum absolute atomic E-state index is 12.3. The maximum atomic E-state index is 12.3. The lowest BCUT2D eigenvalue weighted by atomic mass is 10.0. The van der Waals surface area contributed by atoms with Crippen molar-refractivity contribution < 1.29 is 4.79 Å². The largest absolute Gasteiger partial charge is 0.399 e. The summed E-state index contributed by atoms with van der Waals surface area (Å²) in [6, 6.07) is 10.4. The SMILES string of the molecule is Nc1ccc(C(=O)c2ccc(I)c(Cl)c2)c(Br)c1. The number of anilines is 1. The number of nitrogen functional groups attached to an aromatic ring is 1. The summed E-state index contributed by atoms with van der Waals surface area (Å²) in [5.74, 6) is -0.0832. The van der Waals surface area contributed by atoms with Gasteiger partial charge in [0.25, 0.3) is 0 Å². The molecule has 0 aromatic heterocycles. The zero-order chi connectivity index (χ0) is 13.3. The van der Waals surface area contributed by atoms with Crippen LogP contribution in [0.15, 0.2) is 40.9 Å². The quantitative estimate of drug-likeness (QED) is 0.427. The minimum atomic E-state index is -0.0832. The van der Waals surface area contributed by atoms with Crippen LogP contribution in [-0.4, -0.2) is 5.78 Å². The second kappa shape index (κ2) is 5.59. The molecule has 0 atom stereocenters. The molecule has 5 heteroatoms. The molecule has 2 nitrogen and oxygen atoms in total. The molecule has 0 radical (unpaired) electrons. The monoisotopic (exact) mass is 435 g/mol. The average Bonchev–Trinajstić information content (AvgIpc) is 2.32. The molecule has 0 unspecified atom stereocenters. The molecule has 2 N–H and O–H groups in total. The fraction of sp³-hybridized carbons (Fsp3) is 0. The van der Waals surface area contributed by atoms with E-state index in [0.717, 1.165) is 3.57 Å². The predicted octanol–water partition coefficient (Wildman–Crippen LogP) is 4.52. The molecule has 0 amide bonds. The van der Waals surface area contributed by atoms with Gasteiger partial charge in [0.2, 0.25) is 0 Å². The number of rotatable bonds is 2. The molecule has 0 fully saturated rings. The van der Waals surface area contributed by atoms with Gasteiger partial charge in [0, 0.05) is 24.9 Å². The van der Waals surface area contributed by atoms with Crippen LogP contribution in [0.2, 0.25) is 5.02 Å². The summed E-state index contributed by atoms with van der Waals surface area (Å²) in [7, 11) is 0. The second-order valence-corrected chi connectivity index (χ2v) is 6.12. The van der Waals surface area contributed by atoms with Crippen molar-refractivity contribution in [1.82, 2.24) is 0 Å². The van der Waals surface area contributed by atoms with Crippen LogP contribution in [0.25, 0.3) is 0 Å². The van der Waals surface area contributed by atoms with E-state index in [2.05, 4.69) is 38.5 Å². The third-order valence-electron chi connectivity index (χ3n) is 2.42. The number of halogens is 3. The van der Waals surface area contributed by atoms with E-state index in [9.17, 15) is 4.79 Å². The fourth-order valence-corrected chi connectivity index (χ4v) is 2.60. The Labute approximate surface area is 132 Å². The van der Waals surface area contributed by atoms with Gasteiger partial charge >= 0.3 is 0 Å². The summed E-state index contributed by atoms with van der Waals surface area (Å²) >= 11 is 11.5. The van der Waals surface area contributed by atoms with Crippen LogP contribution >= 0.6 is 50.1 Å². The summed E-state index contributed by atoms with van der Waals surface area (Å²) in [4.78, 5) is 12.3. The van der Waals surface area contributed by atoms with Crippen molar-refractivity contribution in [2.75, 3.05) is 5.73 Å². The zero-order valence-corrected chi connectivity index (χ0v) is 13.6. The molecule has 0 spiro atoms.